The van der Waals surface area contributed by atoms with Gasteiger partial charge < -0.3 is 16.3 Å². The van der Waals surface area contributed by atoms with Crippen molar-refractivity contribution in [1.29, 1.82) is 0 Å². The van der Waals surface area contributed by atoms with Crippen molar-refractivity contribution in [3.05, 3.63) is 0 Å². The Kier molecular flexibility index (Phi) is 8.39. The fraction of sp³-hybridized carbons (Fsp3) is 1.00. The molecule has 1 heterocycles. The Morgan fingerprint density at radius 1 is 0.857 bits per heavy atom. The SMILES string of the molecule is C1CCNC1.O.O. The third-order valence-corrected chi connectivity index (χ3v) is 0.957. The molecule has 0 aromatic heterocycles. The highest BCUT2D eigenvalue weighted by Crippen LogP contribution is 1.90. The van der Waals surface area contributed by atoms with Crippen LogP contribution in [0.1, 0.15) is 12.8 Å². The summed E-state index contributed by atoms with van der Waals surface area (Å²) in [5.41, 5.74) is 0. The van der Waals surface area contributed by atoms with Crippen molar-refractivity contribution in [2.24, 2.45) is 0 Å². The van der Waals surface area contributed by atoms with Gasteiger partial charge in [0.15, 0.2) is 0 Å². The highest BCUT2D eigenvalue weighted by atomic mass is 16.0. The molecule has 0 saturated carbocycles. The van der Waals surface area contributed by atoms with E-state index in [2.05, 4.69) is 5.32 Å². The molecule has 0 unspecified atom stereocenters. The zero-order chi connectivity index (χ0) is 3.54. The number of nitrogens with one attached hydrogen (secondary N) is 1. The lowest BCUT2D eigenvalue weighted by Gasteiger charge is -1.76. The quantitative estimate of drug-likeness (QED) is 0.411. The van der Waals surface area contributed by atoms with E-state index < -0.39 is 0 Å². The molecule has 1 aliphatic heterocycles. The maximum absolute atomic E-state index is 3.22. The Morgan fingerprint density at radius 3 is 1.43 bits per heavy atom. The first-order valence-electron chi connectivity index (χ1n) is 2.21. The minimum absolute atomic E-state index is 0. The lowest BCUT2D eigenvalue weighted by Crippen LogP contribution is -2.03. The van der Waals surface area contributed by atoms with Crippen molar-refractivity contribution in [3.63, 3.8) is 0 Å². The van der Waals surface area contributed by atoms with E-state index in [-0.39, 0.29) is 11.0 Å². The minimum atomic E-state index is 0. The molecule has 0 spiro atoms. The van der Waals surface area contributed by atoms with E-state index in [9.17, 15) is 0 Å². The first kappa shape index (κ1) is 9.99. The van der Waals surface area contributed by atoms with Crippen LogP contribution < -0.4 is 5.32 Å². The summed E-state index contributed by atoms with van der Waals surface area (Å²) in [5.74, 6) is 0. The van der Waals surface area contributed by atoms with Crippen LogP contribution >= 0.6 is 0 Å². The molecule has 0 aromatic carbocycles. The molecular weight excluding hydrogens is 94.0 g/mol. The molecule has 1 aliphatic rings. The van der Waals surface area contributed by atoms with Gasteiger partial charge in [0.25, 0.3) is 0 Å². The van der Waals surface area contributed by atoms with Crippen LogP contribution in [-0.4, -0.2) is 24.0 Å². The number of hydrogen-bond donors (Lipinski definition) is 1. The van der Waals surface area contributed by atoms with Crippen LogP contribution in [0.2, 0.25) is 0 Å². The van der Waals surface area contributed by atoms with Gasteiger partial charge in [0, 0.05) is 0 Å². The van der Waals surface area contributed by atoms with E-state index in [1.54, 1.807) is 0 Å². The second kappa shape index (κ2) is 5.88. The fourth-order valence-electron chi connectivity index (χ4n) is 0.625. The Bertz CT molecular complexity index is 21.3. The second-order valence-electron chi connectivity index (χ2n) is 1.46. The van der Waals surface area contributed by atoms with Crippen molar-refractivity contribution in [3.8, 4) is 0 Å². The molecule has 3 nitrogen and oxygen atoms in total. The molecule has 5 N–H and O–H groups in total. The molecule has 0 amide bonds. The summed E-state index contributed by atoms with van der Waals surface area (Å²) in [6, 6.07) is 0. The highest BCUT2D eigenvalue weighted by molar-refractivity contribution is 4.55. The van der Waals surface area contributed by atoms with Crippen LogP contribution in [0.5, 0.6) is 0 Å². The first-order valence-corrected chi connectivity index (χ1v) is 2.21. The third kappa shape index (κ3) is 3.72. The van der Waals surface area contributed by atoms with Gasteiger partial charge in [-0.05, 0) is 25.9 Å². The number of rotatable bonds is 0. The third-order valence-electron chi connectivity index (χ3n) is 0.957. The van der Waals surface area contributed by atoms with E-state index in [1.807, 2.05) is 0 Å². The summed E-state index contributed by atoms with van der Waals surface area (Å²) in [7, 11) is 0. The molecule has 7 heavy (non-hydrogen) atoms. The molecular formula is C4H13NO2. The Morgan fingerprint density at radius 2 is 1.29 bits per heavy atom. The van der Waals surface area contributed by atoms with Gasteiger partial charge in [-0.1, -0.05) is 0 Å². The zero-order valence-electron chi connectivity index (χ0n) is 4.33. The highest BCUT2D eigenvalue weighted by Gasteiger charge is 1.93. The average molecular weight is 107 g/mol. The summed E-state index contributed by atoms with van der Waals surface area (Å²) in [4.78, 5) is 0. The molecule has 0 aromatic rings. The lowest BCUT2D eigenvalue weighted by atomic mass is 10.4. The molecule has 0 radical (unpaired) electrons. The van der Waals surface area contributed by atoms with Gasteiger partial charge in [-0.15, -0.1) is 0 Å². The van der Waals surface area contributed by atoms with Gasteiger partial charge in [-0.3, -0.25) is 0 Å². The molecule has 1 rings (SSSR count). The maximum atomic E-state index is 3.22. The normalized spacial score (nSPS) is 17.1. The van der Waals surface area contributed by atoms with Crippen LogP contribution in [0, 0.1) is 0 Å². The maximum Gasteiger partial charge on any atom is -0.00484 e. The Balaban J connectivity index is 0. The summed E-state index contributed by atoms with van der Waals surface area (Å²) < 4.78 is 0. The van der Waals surface area contributed by atoms with E-state index in [0.29, 0.717) is 0 Å². The Hall–Kier alpha value is -0.120. The van der Waals surface area contributed by atoms with Crippen molar-refractivity contribution in [2.45, 2.75) is 12.8 Å². The molecule has 1 fully saturated rings. The van der Waals surface area contributed by atoms with Gasteiger partial charge in [0.05, 0.1) is 0 Å². The van der Waals surface area contributed by atoms with Crippen LogP contribution in [0.25, 0.3) is 0 Å². The topological polar surface area (TPSA) is 75.0 Å². The van der Waals surface area contributed by atoms with Crippen molar-refractivity contribution < 1.29 is 11.0 Å². The van der Waals surface area contributed by atoms with E-state index >= 15 is 0 Å². The number of hydrogen-bond acceptors (Lipinski definition) is 1. The first-order chi connectivity index (χ1) is 2.50. The molecule has 0 atom stereocenters. The van der Waals surface area contributed by atoms with Crippen molar-refractivity contribution in [2.75, 3.05) is 13.1 Å². The Labute approximate surface area is 43.3 Å². The van der Waals surface area contributed by atoms with Crippen LogP contribution in [0.3, 0.4) is 0 Å². The van der Waals surface area contributed by atoms with Crippen molar-refractivity contribution >= 4 is 0 Å². The van der Waals surface area contributed by atoms with Gasteiger partial charge in [-0.25, -0.2) is 0 Å². The van der Waals surface area contributed by atoms with Gasteiger partial charge in [-0.2, -0.15) is 0 Å². The van der Waals surface area contributed by atoms with Crippen LogP contribution in [0.15, 0.2) is 0 Å². The largest absolute Gasteiger partial charge is 0.412 e. The van der Waals surface area contributed by atoms with E-state index in [1.165, 1.54) is 25.9 Å². The molecule has 1 saturated heterocycles. The molecule has 0 bridgehead atoms. The van der Waals surface area contributed by atoms with Crippen LogP contribution in [-0.2, 0) is 0 Å². The van der Waals surface area contributed by atoms with E-state index in [4.69, 9.17) is 0 Å². The summed E-state index contributed by atoms with van der Waals surface area (Å²) in [6.45, 7) is 2.50. The minimum Gasteiger partial charge on any atom is -0.412 e. The van der Waals surface area contributed by atoms with Crippen molar-refractivity contribution in [1.82, 2.24) is 5.32 Å². The lowest BCUT2D eigenvalue weighted by molar-refractivity contribution is 0.823. The van der Waals surface area contributed by atoms with Gasteiger partial charge in [0.2, 0.25) is 0 Å². The summed E-state index contributed by atoms with van der Waals surface area (Å²) in [5, 5.41) is 3.22. The molecule has 0 aliphatic carbocycles. The van der Waals surface area contributed by atoms with Gasteiger partial charge in [0.1, 0.15) is 0 Å². The predicted octanol–water partition coefficient (Wildman–Crippen LogP) is -1.28. The van der Waals surface area contributed by atoms with E-state index in [0.717, 1.165) is 0 Å². The molecule has 3 heteroatoms. The smallest absolute Gasteiger partial charge is 0.00484 e. The average Bonchev–Trinajstić information content (AvgIpc) is 1.76. The van der Waals surface area contributed by atoms with Gasteiger partial charge >= 0.3 is 0 Å². The summed E-state index contributed by atoms with van der Waals surface area (Å²) in [6.07, 6.45) is 2.78. The monoisotopic (exact) mass is 107 g/mol. The van der Waals surface area contributed by atoms with Crippen LogP contribution in [0.4, 0.5) is 0 Å². The predicted molar refractivity (Wildman–Crippen MR) is 29.3 cm³/mol. The zero-order valence-corrected chi connectivity index (χ0v) is 4.33. The molecule has 46 valence electrons. The fourth-order valence-corrected chi connectivity index (χ4v) is 0.625. The second-order valence-corrected chi connectivity index (χ2v) is 1.46. The standard InChI is InChI=1S/C4H9N.2H2O/c1-2-4-5-3-1;;/h5H,1-4H2;2*1H2. The summed E-state index contributed by atoms with van der Waals surface area (Å²) >= 11 is 0.